The number of benzene rings is 1. The summed E-state index contributed by atoms with van der Waals surface area (Å²) in [6.45, 7) is 4.39. The molecule has 2 amide bonds. The van der Waals surface area contributed by atoms with Gasteiger partial charge in [-0.15, -0.1) is 0 Å². The van der Waals surface area contributed by atoms with Crippen molar-refractivity contribution in [2.75, 3.05) is 26.2 Å². The zero-order valence-corrected chi connectivity index (χ0v) is 14.2. The molecule has 3 rings (SSSR count). The topological polar surface area (TPSA) is 45.6 Å². The molecule has 1 aromatic carbocycles. The minimum atomic E-state index is 0.0295. The van der Waals surface area contributed by atoms with Crippen LogP contribution in [-0.4, -0.2) is 52.4 Å². The Bertz CT molecular complexity index is 725. The van der Waals surface area contributed by atoms with Crippen molar-refractivity contribution in [2.24, 2.45) is 7.05 Å². The number of piperazine rings is 1. The summed E-state index contributed by atoms with van der Waals surface area (Å²) in [4.78, 5) is 28.7. The lowest BCUT2D eigenvalue weighted by Gasteiger charge is -2.34. The number of aromatic nitrogens is 1. The highest BCUT2D eigenvalue weighted by Gasteiger charge is 2.26. The second-order valence-corrected chi connectivity index (χ2v) is 6.14. The van der Waals surface area contributed by atoms with Crippen molar-refractivity contribution in [2.45, 2.75) is 13.3 Å². The minimum absolute atomic E-state index is 0.0295. The number of aryl methyl sites for hydroxylation is 2. The first-order valence-electron chi connectivity index (χ1n) is 8.39. The van der Waals surface area contributed by atoms with Crippen LogP contribution in [0.15, 0.2) is 42.6 Å². The van der Waals surface area contributed by atoms with Gasteiger partial charge in [0.25, 0.3) is 11.8 Å². The van der Waals surface area contributed by atoms with Gasteiger partial charge in [0.15, 0.2) is 0 Å². The van der Waals surface area contributed by atoms with Crippen LogP contribution in [0.3, 0.4) is 0 Å². The smallest absolute Gasteiger partial charge is 0.270 e. The number of nitrogens with zero attached hydrogens (tertiary/aromatic N) is 3. The Morgan fingerprint density at radius 2 is 1.50 bits per heavy atom. The van der Waals surface area contributed by atoms with Gasteiger partial charge in [-0.1, -0.05) is 19.1 Å². The maximum Gasteiger partial charge on any atom is 0.270 e. The number of carbonyl (C=O) groups is 2. The van der Waals surface area contributed by atoms with Crippen molar-refractivity contribution in [3.8, 4) is 0 Å². The Morgan fingerprint density at radius 1 is 0.917 bits per heavy atom. The quantitative estimate of drug-likeness (QED) is 0.868. The number of hydrogen-bond acceptors (Lipinski definition) is 2. The van der Waals surface area contributed by atoms with E-state index in [2.05, 4.69) is 6.92 Å². The number of carbonyl (C=O) groups excluding carboxylic acids is 2. The van der Waals surface area contributed by atoms with Crippen LogP contribution in [-0.2, 0) is 13.5 Å². The third-order valence-corrected chi connectivity index (χ3v) is 4.63. The predicted octanol–water partition coefficient (Wildman–Crippen LogP) is 2.19. The van der Waals surface area contributed by atoms with E-state index in [0.29, 0.717) is 31.9 Å². The van der Waals surface area contributed by atoms with Gasteiger partial charge in [0, 0.05) is 45.0 Å². The fourth-order valence-corrected chi connectivity index (χ4v) is 3.02. The fraction of sp³-hybridized carbons (Fsp3) is 0.368. The lowest BCUT2D eigenvalue weighted by atomic mass is 10.1. The zero-order valence-electron chi connectivity index (χ0n) is 14.2. The summed E-state index contributed by atoms with van der Waals surface area (Å²) in [6.07, 6.45) is 2.83. The molecule has 0 aliphatic carbocycles. The van der Waals surface area contributed by atoms with Gasteiger partial charge in [-0.25, -0.2) is 0 Å². The van der Waals surface area contributed by atoms with E-state index < -0.39 is 0 Å². The van der Waals surface area contributed by atoms with Crippen LogP contribution in [0.5, 0.6) is 0 Å². The van der Waals surface area contributed by atoms with Crippen LogP contribution in [0.4, 0.5) is 0 Å². The Labute approximate surface area is 142 Å². The molecular weight excluding hydrogens is 302 g/mol. The van der Waals surface area contributed by atoms with Gasteiger partial charge in [0.2, 0.25) is 0 Å². The summed E-state index contributed by atoms with van der Waals surface area (Å²) in [6, 6.07) is 11.5. The van der Waals surface area contributed by atoms with E-state index in [4.69, 9.17) is 0 Å². The first-order valence-corrected chi connectivity index (χ1v) is 8.39. The second-order valence-electron chi connectivity index (χ2n) is 6.14. The van der Waals surface area contributed by atoms with Gasteiger partial charge >= 0.3 is 0 Å². The molecule has 0 radical (unpaired) electrons. The number of rotatable bonds is 3. The van der Waals surface area contributed by atoms with Crippen molar-refractivity contribution in [3.05, 3.63) is 59.4 Å². The molecule has 126 valence electrons. The fourth-order valence-electron chi connectivity index (χ4n) is 3.02. The molecule has 1 aliphatic heterocycles. The van der Waals surface area contributed by atoms with Crippen LogP contribution >= 0.6 is 0 Å². The van der Waals surface area contributed by atoms with Crippen molar-refractivity contribution in [1.29, 1.82) is 0 Å². The summed E-state index contributed by atoms with van der Waals surface area (Å²) in [5.74, 6) is 0.0746. The standard InChI is InChI=1S/C19H23N3O2/c1-3-15-6-8-16(9-7-15)18(23)21-11-13-22(14-12-21)19(24)17-5-4-10-20(17)2/h4-10H,3,11-14H2,1-2H3. The molecule has 0 saturated carbocycles. The molecular formula is C19H23N3O2. The molecule has 5 nitrogen and oxygen atoms in total. The molecule has 5 heteroatoms. The summed E-state index contributed by atoms with van der Waals surface area (Å²) in [5.41, 5.74) is 2.63. The normalized spacial score (nSPS) is 14.8. The van der Waals surface area contributed by atoms with Crippen molar-refractivity contribution in [3.63, 3.8) is 0 Å². The Morgan fingerprint density at radius 3 is 2.00 bits per heavy atom. The van der Waals surface area contributed by atoms with Gasteiger partial charge in [-0.3, -0.25) is 9.59 Å². The molecule has 1 fully saturated rings. The Balaban J connectivity index is 1.61. The SMILES string of the molecule is CCc1ccc(C(=O)N2CCN(C(=O)c3cccn3C)CC2)cc1. The average molecular weight is 325 g/mol. The van der Waals surface area contributed by atoms with Gasteiger partial charge in [-0.05, 0) is 36.2 Å². The van der Waals surface area contributed by atoms with E-state index in [0.717, 1.165) is 12.0 Å². The number of hydrogen-bond donors (Lipinski definition) is 0. The number of amides is 2. The Kier molecular flexibility index (Phi) is 4.69. The first kappa shape index (κ1) is 16.3. The van der Waals surface area contributed by atoms with E-state index in [1.54, 1.807) is 0 Å². The van der Waals surface area contributed by atoms with Crippen LogP contribution < -0.4 is 0 Å². The molecule has 1 saturated heterocycles. The summed E-state index contributed by atoms with van der Waals surface area (Å²) < 4.78 is 1.83. The Hall–Kier alpha value is -2.56. The minimum Gasteiger partial charge on any atom is -0.347 e. The lowest BCUT2D eigenvalue weighted by molar-refractivity contribution is 0.0530. The molecule has 0 atom stereocenters. The second kappa shape index (κ2) is 6.91. The van der Waals surface area contributed by atoms with Crippen molar-refractivity contribution in [1.82, 2.24) is 14.4 Å². The van der Waals surface area contributed by atoms with Gasteiger partial charge in [0.05, 0.1) is 0 Å². The highest BCUT2D eigenvalue weighted by molar-refractivity contribution is 5.95. The van der Waals surface area contributed by atoms with E-state index >= 15 is 0 Å². The molecule has 2 aromatic rings. The van der Waals surface area contributed by atoms with Crippen LogP contribution in [0.2, 0.25) is 0 Å². The summed E-state index contributed by atoms with van der Waals surface area (Å²) in [5, 5.41) is 0. The third kappa shape index (κ3) is 3.20. The summed E-state index contributed by atoms with van der Waals surface area (Å²) in [7, 11) is 1.87. The van der Waals surface area contributed by atoms with E-state index in [1.165, 1.54) is 5.56 Å². The molecule has 0 spiro atoms. The van der Waals surface area contributed by atoms with E-state index in [-0.39, 0.29) is 11.8 Å². The first-order chi connectivity index (χ1) is 11.6. The van der Waals surface area contributed by atoms with Crippen LogP contribution in [0.1, 0.15) is 33.3 Å². The molecule has 0 bridgehead atoms. The van der Waals surface area contributed by atoms with Gasteiger partial charge in [-0.2, -0.15) is 0 Å². The average Bonchev–Trinajstić information content (AvgIpc) is 3.06. The third-order valence-electron chi connectivity index (χ3n) is 4.63. The monoisotopic (exact) mass is 325 g/mol. The molecule has 2 heterocycles. The van der Waals surface area contributed by atoms with Gasteiger partial charge < -0.3 is 14.4 Å². The van der Waals surface area contributed by atoms with Crippen molar-refractivity contribution < 1.29 is 9.59 Å². The van der Waals surface area contributed by atoms with E-state index in [9.17, 15) is 9.59 Å². The van der Waals surface area contributed by atoms with Gasteiger partial charge in [0.1, 0.15) is 5.69 Å². The maximum atomic E-state index is 12.6. The maximum absolute atomic E-state index is 12.6. The molecule has 1 aliphatic rings. The van der Waals surface area contributed by atoms with E-state index in [1.807, 2.05) is 64.0 Å². The molecule has 24 heavy (non-hydrogen) atoms. The highest BCUT2D eigenvalue weighted by atomic mass is 16.2. The highest BCUT2D eigenvalue weighted by Crippen LogP contribution is 2.13. The largest absolute Gasteiger partial charge is 0.347 e. The lowest BCUT2D eigenvalue weighted by Crippen LogP contribution is -2.50. The van der Waals surface area contributed by atoms with Crippen molar-refractivity contribution >= 4 is 11.8 Å². The predicted molar refractivity (Wildman–Crippen MR) is 93.0 cm³/mol. The van der Waals surface area contributed by atoms with Crippen LogP contribution in [0, 0.1) is 0 Å². The molecule has 0 N–H and O–H groups in total. The molecule has 0 unspecified atom stereocenters. The van der Waals surface area contributed by atoms with Crippen LogP contribution in [0.25, 0.3) is 0 Å². The zero-order chi connectivity index (χ0) is 17.1. The summed E-state index contributed by atoms with van der Waals surface area (Å²) >= 11 is 0. The molecule has 1 aromatic heterocycles.